The highest BCUT2D eigenvalue weighted by atomic mass is 16.2. The van der Waals surface area contributed by atoms with Crippen molar-refractivity contribution >= 4 is 5.91 Å². The smallest absolute Gasteiger partial charge is 0.253 e. The maximum atomic E-state index is 12.8. The number of likely N-dealkylation sites (tertiary alicyclic amines) is 2. The Morgan fingerprint density at radius 1 is 1.07 bits per heavy atom. The van der Waals surface area contributed by atoms with E-state index in [1.807, 2.05) is 4.90 Å². The lowest BCUT2D eigenvalue weighted by molar-refractivity contribution is 0.0703. The number of amides is 1. The Bertz CT molecular complexity index is 768. The molecule has 2 aliphatic rings. The fourth-order valence-corrected chi connectivity index (χ4v) is 4.24. The average Bonchev–Trinajstić information content (AvgIpc) is 3.09. The molecule has 2 aromatic heterocycles. The summed E-state index contributed by atoms with van der Waals surface area (Å²) in [5.74, 6) is 2.37. The number of piperidine rings is 2. The van der Waals surface area contributed by atoms with Crippen LogP contribution in [0.3, 0.4) is 0 Å². The van der Waals surface area contributed by atoms with E-state index in [1.54, 1.807) is 24.5 Å². The van der Waals surface area contributed by atoms with Gasteiger partial charge in [0.1, 0.15) is 11.6 Å². The van der Waals surface area contributed by atoms with Gasteiger partial charge in [-0.1, -0.05) is 6.42 Å². The standard InChI is InChI=1S/C20H28N6O/c1-24-18(15-25-11-3-2-4-12-25)22-23-19(24)17-6-5-13-26(14-17)20(27)16-7-9-21-10-8-16/h7-10,17H,2-6,11-15H2,1H3. The van der Waals surface area contributed by atoms with Gasteiger partial charge in [0.15, 0.2) is 0 Å². The van der Waals surface area contributed by atoms with E-state index in [2.05, 4.69) is 31.7 Å². The Hall–Kier alpha value is -2.28. The molecule has 7 nitrogen and oxygen atoms in total. The zero-order chi connectivity index (χ0) is 18.6. The molecule has 0 bridgehead atoms. The summed E-state index contributed by atoms with van der Waals surface area (Å²) in [6.45, 7) is 4.68. The number of aromatic nitrogens is 4. The van der Waals surface area contributed by atoms with Gasteiger partial charge in [0.25, 0.3) is 5.91 Å². The molecule has 1 atom stereocenters. The number of hydrogen-bond donors (Lipinski definition) is 0. The van der Waals surface area contributed by atoms with Crippen LogP contribution in [0.1, 0.15) is 60.0 Å². The van der Waals surface area contributed by atoms with Gasteiger partial charge >= 0.3 is 0 Å². The summed E-state index contributed by atoms with van der Waals surface area (Å²) >= 11 is 0. The number of carbonyl (C=O) groups excluding carboxylic acids is 1. The van der Waals surface area contributed by atoms with Crippen LogP contribution in [0, 0.1) is 0 Å². The quantitative estimate of drug-likeness (QED) is 0.828. The van der Waals surface area contributed by atoms with Crippen LogP contribution in [-0.2, 0) is 13.6 Å². The lowest BCUT2D eigenvalue weighted by atomic mass is 9.96. The maximum absolute atomic E-state index is 12.8. The summed E-state index contributed by atoms with van der Waals surface area (Å²) in [5, 5.41) is 8.98. The van der Waals surface area contributed by atoms with E-state index in [9.17, 15) is 4.79 Å². The molecule has 144 valence electrons. The maximum Gasteiger partial charge on any atom is 0.253 e. The summed E-state index contributed by atoms with van der Waals surface area (Å²) in [5.41, 5.74) is 0.703. The number of pyridine rings is 1. The molecule has 4 rings (SSSR count). The molecule has 0 N–H and O–H groups in total. The van der Waals surface area contributed by atoms with Crippen LogP contribution in [0.25, 0.3) is 0 Å². The number of hydrogen-bond acceptors (Lipinski definition) is 5. The first kappa shape index (κ1) is 18.1. The zero-order valence-corrected chi connectivity index (χ0v) is 16.0. The summed E-state index contributed by atoms with van der Waals surface area (Å²) in [6.07, 6.45) is 9.28. The van der Waals surface area contributed by atoms with E-state index in [0.29, 0.717) is 12.1 Å². The molecule has 0 spiro atoms. The lowest BCUT2D eigenvalue weighted by Crippen LogP contribution is -2.39. The molecule has 2 aliphatic heterocycles. The normalized spacial score (nSPS) is 21.4. The molecule has 0 radical (unpaired) electrons. The second-order valence-corrected chi connectivity index (χ2v) is 7.70. The van der Waals surface area contributed by atoms with Crippen LogP contribution >= 0.6 is 0 Å². The molecule has 2 aromatic rings. The van der Waals surface area contributed by atoms with Crippen molar-refractivity contribution in [3.63, 3.8) is 0 Å². The first-order valence-electron chi connectivity index (χ1n) is 10.0. The van der Waals surface area contributed by atoms with Crippen LogP contribution in [0.15, 0.2) is 24.5 Å². The van der Waals surface area contributed by atoms with Gasteiger partial charge in [-0.05, 0) is 50.9 Å². The minimum atomic E-state index is 0.0813. The third-order valence-electron chi connectivity index (χ3n) is 5.81. The third kappa shape index (κ3) is 4.03. The van der Waals surface area contributed by atoms with Gasteiger partial charge in [-0.15, -0.1) is 10.2 Å². The molecule has 4 heterocycles. The molecule has 0 aromatic carbocycles. The zero-order valence-electron chi connectivity index (χ0n) is 16.0. The molecular formula is C20H28N6O. The van der Waals surface area contributed by atoms with Crippen molar-refractivity contribution in [2.45, 2.75) is 44.6 Å². The van der Waals surface area contributed by atoms with E-state index >= 15 is 0 Å². The monoisotopic (exact) mass is 368 g/mol. The van der Waals surface area contributed by atoms with Crippen LogP contribution < -0.4 is 0 Å². The molecule has 1 unspecified atom stereocenters. The summed E-state index contributed by atoms with van der Waals surface area (Å²) in [7, 11) is 2.07. The minimum Gasteiger partial charge on any atom is -0.338 e. The van der Waals surface area contributed by atoms with Gasteiger partial charge < -0.3 is 9.47 Å². The van der Waals surface area contributed by atoms with Crippen molar-refractivity contribution in [2.75, 3.05) is 26.2 Å². The average molecular weight is 368 g/mol. The van der Waals surface area contributed by atoms with Crippen molar-refractivity contribution in [3.8, 4) is 0 Å². The molecule has 7 heteroatoms. The molecule has 0 saturated carbocycles. The second-order valence-electron chi connectivity index (χ2n) is 7.70. The van der Waals surface area contributed by atoms with Crippen molar-refractivity contribution in [1.82, 2.24) is 29.5 Å². The third-order valence-corrected chi connectivity index (χ3v) is 5.81. The van der Waals surface area contributed by atoms with Crippen LogP contribution in [0.4, 0.5) is 0 Å². The predicted octanol–water partition coefficient (Wildman–Crippen LogP) is 2.22. The van der Waals surface area contributed by atoms with Crippen molar-refractivity contribution in [1.29, 1.82) is 0 Å². The highest BCUT2D eigenvalue weighted by Crippen LogP contribution is 2.27. The number of rotatable bonds is 4. The molecule has 0 aliphatic carbocycles. The number of carbonyl (C=O) groups is 1. The molecule has 27 heavy (non-hydrogen) atoms. The molecule has 2 saturated heterocycles. The fourth-order valence-electron chi connectivity index (χ4n) is 4.24. The molecule has 1 amide bonds. The number of nitrogens with zero attached hydrogens (tertiary/aromatic N) is 6. The van der Waals surface area contributed by atoms with Gasteiger partial charge in [0, 0.05) is 44.0 Å². The lowest BCUT2D eigenvalue weighted by Gasteiger charge is -2.32. The first-order valence-corrected chi connectivity index (χ1v) is 10.0. The van der Waals surface area contributed by atoms with Gasteiger partial charge in [0.05, 0.1) is 6.54 Å². The minimum absolute atomic E-state index is 0.0813. The van der Waals surface area contributed by atoms with Gasteiger partial charge in [-0.3, -0.25) is 14.7 Å². The Morgan fingerprint density at radius 2 is 1.85 bits per heavy atom. The van der Waals surface area contributed by atoms with Gasteiger partial charge in [-0.25, -0.2) is 0 Å². The summed E-state index contributed by atoms with van der Waals surface area (Å²) in [4.78, 5) is 21.2. The Balaban J connectivity index is 1.44. The summed E-state index contributed by atoms with van der Waals surface area (Å²) in [6, 6.07) is 3.57. The van der Waals surface area contributed by atoms with Crippen molar-refractivity contribution < 1.29 is 4.79 Å². The highest BCUT2D eigenvalue weighted by molar-refractivity contribution is 5.94. The van der Waals surface area contributed by atoms with Crippen molar-refractivity contribution in [3.05, 3.63) is 41.7 Å². The Kier molecular flexibility index (Phi) is 5.48. The van der Waals surface area contributed by atoms with E-state index < -0.39 is 0 Å². The molecule has 2 fully saturated rings. The highest BCUT2D eigenvalue weighted by Gasteiger charge is 2.29. The van der Waals surface area contributed by atoms with E-state index in [4.69, 9.17) is 0 Å². The van der Waals surface area contributed by atoms with Crippen LogP contribution in [-0.4, -0.2) is 61.6 Å². The first-order chi connectivity index (χ1) is 13.2. The SMILES string of the molecule is Cn1c(CN2CCCCC2)nnc1C1CCCN(C(=O)c2ccncc2)C1. The van der Waals surface area contributed by atoms with Crippen molar-refractivity contribution in [2.24, 2.45) is 7.05 Å². The van der Waals surface area contributed by atoms with Crippen LogP contribution in [0.5, 0.6) is 0 Å². The topological polar surface area (TPSA) is 67.2 Å². The van der Waals surface area contributed by atoms with E-state index in [0.717, 1.165) is 50.7 Å². The fraction of sp³-hybridized carbons (Fsp3) is 0.600. The largest absolute Gasteiger partial charge is 0.338 e. The Labute approximate surface area is 160 Å². The predicted molar refractivity (Wildman–Crippen MR) is 102 cm³/mol. The van der Waals surface area contributed by atoms with Gasteiger partial charge in [-0.2, -0.15) is 0 Å². The van der Waals surface area contributed by atoms with Crippen LogP contribution in [0.2, 0.25) is 0 Å². The van der Waals surface area contributed by atoms with Gasteiger partial charge in [0.2, 0.25) is 0 Å². The summed E-state index contributed by atoms with van der Waals surface area (Å²) < 4.78 is 2.15. The Morgan fingerprint density at radius 3 is 2.63 bits per heavy atom. The molecular weight excluding hydrogens is 340 g/mol. The van der Waals surface area contributed by atoms with E-state index in [1.165, 1.54) is 19.3 Å². The van der Waals surface area contributed by atoms with E-state index in [-0.39, 0.29) is 11.8 Å². The second kappa shape index (κ2) is 8.17.